The van der Waals surface area contributed by atoms with E-state index in [0.29, 0.717) is 4.88 Å². The van der Waals surface area contributed by atoms with Crippen LogP contribution in [0.25, 0.3) is 11.1 Å². The minimum absolute atomic E-state index is 0.262. The van der Waals surface area contributed by atoms with Crippen LogP contribution in [-0.2, 0) is 9.53 Å². The Morgan fingerprint density at radius 2 is 1.95 bits per heavy atom. The zero-order valence-corrected chi connectivity index (χ0v) is 11.2. The van der Waals surface area contributed by atoms with Gasteiger partial charge in [0.15, 0.2) is 6.61 Å². The topological polar surface area (TPSA) is 55.4 Å². The quantitative estimate of drug-likeness (QED) is 0.871. The third kappa shape index (κ3) is 3.20. The van der Waals surface area contributed by atoms with E-state index in [0.717, 1.165) is 11.1 Å². The second-order valence-electron chi connectivity index (χ2n) is 3.78. The number of amides is 1. The first-order valence-corrected chi connectivity index (χ1v) is 6.61. The molecule has 2 rings (SSSR count). The second-order valence-corrected chi connectivity index (χ2v) is 4.69. The molecule has 2 aromatic rings. The Morgan fingerprint density at radius 3 is 2.63 bits per heavy atom. The van der Waals surface area contributed by atoms with E-state index in [-0.39, 0.29) is 12.5 Å². The van der Waals surface area contributed by atoms with Crippen molar-refractivity contribution in [3.05, 3.63) is 46.7 Å². The minimum atomic E-state index is -0.475. The first kappa shape index (κ1) is 13.3. The zero-order chi connectivity index (χ0) is 13.7. The molecule has 1 amide bonds. The van der Waals surface area contributed by atoms with Crippen molar-refractivity contribution >= 4 is 23.2 Å². The first-order chi connectivity index (χ1) is 9.22. The average molecular weight is 275 g/mol. The van der Waals surface area contributed by atoms with Crippen LogP contribution in [0.3, 0.4) is 0 Å². The Bertz CT molecular complexity index is 577. The monoisotopic (exact) mass is 275 g/mol. The fraction of sp³-hybridized carbons (Fsp3) is 0.143. The summed E-state index contributed by atoms with van der Waals surface area (Å²) in [7, 11) is 1.50. The predicted octanol–water partition coefficient (Wildman–Crippen LogP) is 2.32. The van der Waals surface area contributed by atoms with Gasteiger partial charge < -0.3 is 10.1 Å². The van der Waals surface area contributed by atoms with Crippen molar-refractivity contribution in [3.8, 4) is 11.1 Å². The van der Waals surface area contributed by atoms with Crippen LogP contribution in [0.15, 0.2) is 41.8 Å². The number of ether oxygens (including phenoxy) is 1. The average Bonchev–Trinajstić information content (AvgIpc) is 2.94. The lowest BCUT2D eigenvalue weighted by molar-refractivity contribution is -0.123. The molecule has 0 fully saturated rings. The van der Waals surface area contributed by atoms with Gasteiger partial charge in [-0.25, -0.2) is 4.79 Å². The molecule has 0 aliphatic rings. The molecule has 0 saturated carbocycles. The maximum absolute atomic E-state index is 11.9. The summed E-state index contributed by atoms with van der Waals surface area (Å²) in [6.07, 6.45) is 0. The Morgan fingerprint density at radius 1 is 1.21 bits per heavy atom. The summed E-state index contributed by atoms with van der Waals surface area (Å²) in [5, 5.41) is 4.23. The van der Waals surface area contributed by atoms with Crippen molar-refractivity contribution in [1.82, 2.24) is 5.32 Å². The highest BCUT2D eigenvalue weighted by Crippen LogP contribution is 2.28. The molecular weight excluding hydrogens is 262 g/mol. The molecule has 1 aromatic carbocycles. The van der Waals surface area contributed by atoms with Crippen LogP contribution in [0.4, 0.5) is 0 Å². The van der Waals surface area contributed by atoms with E-state index in [1.807, 2.05) is 41.8 Å². The Labute approximate surface area is 115 Å². The first-order valence-electron chi connectivity index (χ1n) is 5.73. The molecule has 5 heteroatoms. The third-order valence-corrected chi connectivity index (χ3v) is 3.44. The fourth-order valence-corrected chi connectivity index (χ4v) is 2.39. The molecule has 98 valence electrons. The summed E-state index contributed by atoms with van der Waals surface area (Å²) < 4.78 is 4.96. The van der Waals surface area contributed by atoms with Gasteiger partial charge in [0.05, 0.1) is 0 Å². The SMILES string of the molecule is CNC(=O)COC(=O)c1sccc1-c1ccccc1. The van der Waals surface area contributed by atoms with E-state index in [1.165, 1.54) is 18.4 Å². The molecule has 0 spiro atoms. The largest absolute Gasteiger partial charge is 0.451 e. The molecule has 0 radical (unpaired) electrons. The van der Waals surface area contributed by atoms with E-state index < -0.39 is 5.97 Å². The van der Waals surface area contributed by atoms with Gasteiger partial charge >= 0.3 is 5.97 Å². The molecule has 4 nitrogen and oxygen atoms in total. The third-order valence-electron chi connectivity index (χ3n) is 2.55. The Balaban J connectivity index is 2.16. The van der Waals surface area contributed by atoms with Crippen LogP contribution >= 0.6 is 11.3 Å². The van der Waals surface area contributed by atoms with Crippen LogP contribution in [0.2, 0.25) is 0 Å². The number of carbonyl (C=O) groups excluding carboxylic acids is 2. The lowest BCUT2D eigenvalue weighted by Gasteiger charge is -2.05. The lowest BCUT2D eigenvalue weighted by Crippen LogP contribution is -2.24. The number of esters is 1. The molecular formula is C14H13NO3S. The number of thiophene rings is 1. The lowest BCUT2D eigenvalue weighted by atomic mass is 10.1. The van der Waals surface area contributed by atoms with E-state index >= 15 is 0 Å². The van der Waals surface area contributed by atoms with Gasteiger partial charge in [0.25, 0.3) is 5.91 Å². The van der Waals surface area contributed by atoms with Crippen LogP contribution in [0, 0.1) is 0 Å². The Hall–Kier alpha value is -2.14. The van der Waals surface area contributed by atoms with Crippen molar-refractivity contribution in [1.29, 1.82) is 0 Å². The number of hydrogen-bond donors (Lipinski definition) is 1. The van der Waals surface area contributed by atoms with Gasteiger partial charge in [0.1, 0.15) is 4.88 Å². The van der Waals surface area contributed by atoms with Gasteiger partial charge in [-0.1, -0.05) is 30.3 Å². The van der Waals surface area contributed by atoms with Gasteiger partial charge in [-0.15, -0.1) is 11.3 Å². The maximum Gasteiger partial charge on any atom is 0.349 e. The summed E-state index contributed by atoms with van der Waals surface area (Å²) in [6.45, 7) is -0.262. The van der Waals surface area contributed by atoms with Gasteiger partial charge in [-0.3, -0.25) is 4.79 Å². The normalized spacial score (nSPS) is 9.95. The maximum atomic E-state index is 11.9. The molecule has 19 heavy (non-hydrogen) atoms. The molecule has 1 aromatic heterocycles. The van der Waals surface area contributed by atoms with Crippen LogP contribution in [0.1, 0.15) is 9.67 Å². The molecule has 0 bridgehead atoms. The number of rotatable bonds is 4. The number of nitrogens with one attached hydrogen (secondary N) is 1. The van der Waals surface area contributed by atoms with E-state index in [1.54, 1.807) is 0 Å². The molecule has 0 saturated heterocycles. The highest BCUT2D eigenvalue weighted by Gasteiger charge is 2.16. The van der Waals surface area contributed by atoms with Gasteiger partial charge in [-0.2, -0.15) is 0 Å². The smallest absolute Gasteiger partial charge is 0.349 e. The van der Waals surface area contributed by atoms with Crippen molar-refractivity contribution in [2.75, 3.05) is 13.7 Å². The number of carbonyl (C=O) groups is 2. The number of likely N-dealkylation sites (N-methyl/N-ethyl adjacent to an activating group) is 1. The van der Waals surface area contributed by atoms with Crippen molar-refractivity contribution in [2.24, 2.45) is 0 Å². The van der Waals surface area contributed by atoms with E-state index in [9.17, 15) is 9.59 Å². The summed E-state index contributed by atoms with van der Waals surface area (Å²) in [6, 6.07) is 11.5. The van der Waals surface area contributed by atoms with Crippen molar-refractivity contribution in [3.63, 3.8) is 0 Å². The molecule has 0 aliphatic carbocycles. The van der Waals surface area contributed by atoms with Crippen LogP contribution in [-0.4, -0.2) is 25.5 Å². The molecule has 1 heterocycles. The van der Waals surface area contributed by atoms with Crippen molar-refractivity contribution < 1.29 is 14.3 Å². The Kier molecular flexibility index (Phi) is 4.30. The summed E-state index contributed by atoms with van der Waals surface area (Å²) in [4.78, 5) is 23.5. The van der Waals surface area contributed by atoms with Gasteiger partial charge in [0, 0.05) is 12.6 Å². The highest BCUT2D eigenvalue weighted by atomic mass is 32.1. The van der Waals surface area contributed by atoms with E-state index in [4.69, 9.17) is 4.74 Å². The minimum Gasteiger partial charge on any atom is -0.451 e. The van der Waals surface area contributed by atoms with Gasteiger partial charge in [-0.05, 0) is 17.0 Å². The molecule has 0 atom stereocenters. The summed E-state index contributed by atoms with van der Waals surface area (Å²) in [5.41, 5.74) is 1.78. The zero-order valence-electron chi connectivity index (χ0n) is 10.4. The molecule has 0 unspecified atom stereocenters. The molecule has 1 N–H and O–H groups in total. The van der Waals surface area contributed by atoms with Crippen LogP contribution < -0.4 is 5.32 Å². The van der Waals surface area contributed by atoms with Gasteiger partial charge in [0.2, 0.25) is 0 Å². The number of benzene rings is 1. The second kappa shape index (κ2) is 6.15. The summed E-state index contributed by atoms with van der Waals surface area (Å²) in [5.74, 6) is -0.802. The van der Waals surface area contributed by atoms with Crippen molar-refractivity contribution in [2.45, 2.75) is 0 Å². The summed E-state index contributed by atoms with van der Waals surface area (Å²) >= 11 is 1.31. The fourth-order valence-electron chi connectivity index (χ4n) is 1.58. The number of hydrogen-bond acceptors (Lipinski definition) is 4. The van der Waals surface area contributed by atoms with Crippen LogP contribution in [0.5, 0.6) is 0 Å². The standard InChI is InChI=1S/C14H13NO3S/c1-15-12(16)9-18-14(17)13-11(7-8-19-13)10-5-3-2-4-6-10/h2-8H,9H2,1H3,(H,15,16). The molecule has 0 aliphatic heterocycles. The predicted molar refractivity (Wildman–Crippen MR) is 74.1 cm³/mol. The van der Waals surface area contributed by atoms with E-state index in [2.05, 4.69) is 5.32 Å². The highest BCUT2D eigenvalue weighted by molar-refractivity contribution is 7.12.